The van der Waals surface area contributed by atoms with E-state index in [1.165, 1.54) is 5.56 Å². The predicted molar refractivity (Wildman–Crippen MR) is 89.4 cm³/mol. The molecule has 0 bridgehead atoms. The second-order valence-corrected chi connectivity index (χ2v) is 7.74. The molecule has 3 nitrogen and oxygen atoms in total. The average molecular weight is 304 g/mol. The summed E-state index contributed by atoms with van der Waals surface area (Å²) in [5, 5.41) is 0. The molecule has 122 valence electrons. The number of aldehydes is 1. The average Bonchev–Trinajstić information content (AvgIpc) is 2.36. The van der Waals surface area contributed by atoms with Crippen LogP contribution in [0, 0.1) is 0 Å². The first-order valence-electron chi connectivity index (χ1n) is 7.85. The maximum atomic E-state index is 11.9. The Balaban J connectivity index is 3.04. The zero-order valence-electron chi connectivity index (χ0n) is 14.7. The van der Waals surface area contributed by atoms with E-state index in [9.17, 15) is 9.59 Å². The number of hydrogen-bond donors (Lipinski definition) is 0. The fourth-order valence-electron chi connectivity index (χ4n) is 2.18. The molecule has 0 heterocycles. The van der Waals surface area contributed by atoms with E-state index in [1.54, 1.807) is 0 Å². The van der Waals surface area contributed by atoms with Crippen molar-refractivity contribution >= 4 is 12.3 Å². The van der Waals surface area contributed by atoms with Crippen LogP contribution in [-0.2, 0) is 20.4 Å². The minimum Gasteiger partial charge on any atom is -0.426 e. The van der Waals surface area contributed by atoms with Crippen LogP contribution in [-0.4, -0.2) is 12.3 Å². The van der Waals surface area contributed by atoms with Gasteiger partial charge in [-0.05, 0) is 28.9 Å². The van der Waals surface area contributed by atoms with Gasteiger partial charge in [0.25, 0.3) is 0 Å². The van der Waals surface area contributed by atoms with Gasteiger partial charge >= 0.3 is 5.97 Å². The van der Waals surface area contributed by atoms with Crippen LogP contribution < -0.4 is 4.74 Å². The summed E-state index contributed by atoms with van der Waals surface area (Å²) in [4.78, 5) is 22.2. The molecule has 0 aliphatic heterocycles. The molecular formula is C19H28O3. The van der Waals surface area contributed by atoms with Crippen LogP contribution in [0.2, 0.25) is 0 Å². The quantitative estimate of drug-likeness (QED) is 0.347. The van der Waals surface area contributed by atoms with Crippen molar-refractivity contribution in [3.63, 3.8) is 0 Å². The van der Waals surface area contributed by atoms with Crippen molar-refractivity contribution in [1.29, 1.82) is 0 Å². The molecular weight excluding hydrogens is 276 g/mol. The van der Waals surface area contributed by atoms with Gasteiger partial charge in [-0.3, -0.25) is 4.79 Å². The highest BCUT2D eigenvalue weighted by molar-refractivity contribution is 5.73. The topological polar surface area (TPSA) is 43.4 Å². The Kier molecular flexibility index (Phi) is 5.92. The van der Waals surface area contributed by atoms with Crippen LogP contribution in [0.15, 0.2) is 18.2 Å². The number of hydrogen-bond acceptors (Lipinski definition) is 3. The van der Waals surface area contributed by atoms with Crippen molar-refractivity contribution in [2.45, 2.75) is 71.6 Å². The van der Waals surface area contributed by atoms with Gasteiger partial charge < -0.3 is 9.53 Å². The minimum absolute atomic E-state index is 0.0481. The summed E-state index contributed by atoms with van der Waals surface area (Å²) in [5.41, 5.74) is 2.19. The molecule has 1 rings (SSSR count). The minimum atomic E-state index is -0.282. The molecule has 0 aliphatic carbocycles. The number of benzene rings is 1. The van der Waals surface area contributed by atoms with Crippen LogP contribution in [0.1, 0.15) is 71.9 Å². The van der Waals surface area contributed by atoms with E-state index in [0.29, 0.717) is 18.6 Å². The van der Waals surface area contributed by atoms with Gasteiger partial charge in [-0.15, -0.1) is 0 Å². The van der Waals surface area contributed by atoms with E-state index < -0.39 is 0 Å². The summed E-state index contributed by atoms with van der Waals surface area (Å²) < 4.78 is 5.53. The van der Waals surface area contributed by atoms with Gasteiger partial charge in [0.2, 0.25) is 0 Å². The van der Waals surface area contributed by atoms with E-state index in [-0.39, 0.29) is 23.2 Å². The summed E-state index contributed by atoms with van der Waals surface area (Å²) in [5.74, 6) is 0.340. The lowest BCUT2D eigenvalue weighted by Gasteiger charge is -2.26. The molecule has 1 aromatic carbocycles. The van der Waals surface area contributed by atoms with E-state index >= 15 is 0 Å². The summed E-state index contributed by atoms with van der Waals surface area (Å²) in [6.07, 6.45) is 2.02. The molecule has 3 heteroatoms. The Morgan fingerprint density at radius 1 is 1.09 bits per heavy atom. The Morgan fingerprint density at radius 2 is 1.73 bits per heavy atom. The molecule has 0 aliphatic rings. The Bertz CT molecular complexity index is 531. The number of carbonyl (C=O) groups is 2. The van der Waals surface area contributed by atoms with Crippen molar-refractivity contribution in [2.24, 2.45) is 0 Å². The predicted octanol–water partition coefficient (Wildman–Crippen LogP) is 4.56. The van der Waals surface area contributed by atoms with Crippen LogP contribution in [0.5, 0.6) is 5.75 Å². The van der Waals surface area contributed by atoms with Gasteiger partial charge in [-0.2, -0.15) is 0 Å². The third-order valence-electron chi connectivity index (χ3n) is 3.58. The molecule has 0 spiro atoms. The van der Waals surface area contributed by atoms with Gasteiger partial charge in [0, 0.05) is 18.4 Å². The summed E-state index contributed by atoms with van der Waals surface area (Å²) in [6, 6.07) is 6.04. The molecule has 0 atom stereocenters. The lowest BCUT2D eigenvalue weighted by molar-refractivity contribution is -0.134. The third-order valence-corrected chi connectivity index (χ3v) is 3.58. The van der Waals surface area contributed by atoms with Crippen molar-refractivity contribution in [3.8, 4) is 5.75 Å². The van der Waals surface area contributed by atoms with E-state index in [2.05, 4.69) is 47.6 Å². The van der Waals surface area contributed by atoms with E-state index in [4.69, 9.17) is 4.74 Å². The van der Waals surface area contributed by atoms with Gasteiger partial charge in [-0.1, -0.05) is 53.7 Å². The Morgan fingerprint density at radius 3 is 2.23 bits per heavy atom. The SMILES string of the molecule is CC(C)(C)c1ccc(OC(=O)CCCC=O)c(C(C)(C)C)c1. The number of carbonyl (C=O) groups excluding carboxylic acids is 2. The molecule has 0 unspecified atom stereocenters. The van der Waals surface area contributed by atoms with Crippen molar-refractivity contribution in [1.82, 2.24) is 0 Å². The second kappa shape index (κ2) is 7.08. The zero-order valence-corrected chi connectivity index (χ0v) is 14.7. The smallest absolute Gasteiger partial charge is 0.311 e. The van der Waals surface area contributed by atoms with Crippen LogP contribution in [0.4, 0.5) is 0 Å². The lowest BCUT2D eigenvalue weighted by Crippen LogP contribution is -2.19. The highest BCUT2D eigenvalue weighted by Gasteiger charge is 2.24. The molecule has 0 saturated heterocycles. The standard InChI is InChI=1S/C19H28O3/c1-18(2,3)14-10-11-16(15(13-14)19(4,5)6)22-17(21)9-7-8-12-20/h10-13H,7-9H2,1-6H3. The van der Waals surface area contributed by atoms with Crippen LogP contribution in [0.3, 0.4) is 0 Å². The molecule has 1 aromatic rings. The monoisotopic (exact) mass is 304 g/mol. The molecule has 0 saturated carbocycles. The first-order chi connectivity index (χ1) is 10.1. The lowest BCUT2D eigenvalue weighted by atomic mass is 9.80. The first kappa shape index (κ1) is 18.4. The van der Waals surface area contributed by atoms with Crippen molar-refractivity contribution in [2.75, 3.05) is 0 Å². The van der Waals surface area contributed by atoms with Gasteiger partial charge in [0.05, 0.1) is 0 Å². The van der Waals surface area contributed by atoms with Crippen molar-refractivity contribution < 1.29 is 14.3 Å². The maximum absolute atomic E-state index is 11.9. The summed E-state index contributed by atoms with van der Waals surface area (Å²) in [7, 11) is 0. The zero-order chi connectivity index (χ0) is 17.0. The maximum Gasteiger partial charge on any atom is 0.311 e. The molecule has 0 radical (unpaired) electrons. The first-order valence-corrected chi connectivity index (χ1v) is 7.85. The number of unbranched alkanes of at least 4 members (excludes halogenated alkanes) is 1. The van der Waals surface area contributed by atoms with Gasteiger partial charge in [0.1, 0.15) is 12.0 Å². The summed E-state index contributed by atoms with van der Waals surface area (Å²) >= 11 is 0. The Hall–Kier alpha value is -1.64. The Labute approximate surface area is 134 Å². The second-order valence-electron chi connectivity index (χ2n) is 7.74. The number of rotatable bonds is 5. The van der Waals surface area contributed by atoms with Crippen LogP contribution in [0.25, 0.3) is 0 Å². The van der Waals surface area contributed by atoms with E-state index in [1.807, 2.05) is 12.1 Å². The molecule has 22 heavy (non-hydrogen) atoms. The van der Waals surface area contributed by atoms with Crippen LogP contribution >= 0.6 is 0 Å². The fourth-order valence-corrected chi connectivity index (χ4v) is 2.18. The molecule has 0 amide bonds. The third kappa shape index (κ3) is 5.28. The highest BCUT2D eigenvalue weighted by atomic mass is 16.5. The number of esters is 1. The van der Waals surface area contributed by atoms with E-state index in [0.717, 1.165) is 11.8 Å². The normalized spacial score (nSPS) is 12.1. The number of ether oxygens (including phenoxy) is 1. The molecule has 0 fully saturated rings. The summed E-state index contributed by atoms with van der Waals surface area (Å²) in [6.45, 7) is 12.8. The van der Waals surface area contributed by atoms with Gasteiger partial charge in [0.15, 0.2) is 0 Å². The highest BCUT2D eigenvalue weighted by Crippen LogP contribution is 2.35. The molecule has 0 N–H and O–H groups in total. The fraction of sp³-hybridized carbons (Fsp3) is 0.579. The molecule has 0 aromatic heterocycles. The van der Waals surface area contributed by atoms with Crippen molar-refractivity contribution in [3.05, 3.63) is 29.3 Å². The van der Waals surface area contributed by atoms with Gasteiger partial charge in [-0.25, -0.2) is 0 Å². The largest absolute Gasteiger partial charge is 0.426 e.